The van der Waals surface area contributed by atoms with Gasteiger partial charge in [-0.2, -0.15) is 0 Å². The summed E-state index contributed by atoms with van der Waals surface area (Å²) in [5, 5.41) is 5.68. The molecule has 0 unspecified atom stereocenters. The molecule has 0 atom stereocenters. The zero-order chi connectivity index (χ0) is 18.4. The van der Waals surface area contributed by atoms with Crippen LogP contribution >= 0.6 is 15.9 Å². The van der Waals surface area contributed by atoms with Crippen molar-refractivity contribution in [3.05, 3.63) is 94.2 Å². The fourth-order valence-corrected chi connectivity index (χ4v) is 2.72. The average molecular weight is 410 g/mol. The SMILES string of the molecule is O=C(NCc1ccc(NC(=O)c2cccc(Br)c2)cc1)c1cccnc1. The molecule has 2 aromatic carbocycles. The zero-order valence-electron chi connectivity index (χ0n) is 13.8. The Labute approximate surface area is 159 Å². The van der Waals surface area contributed by atoms with Crippen molar-refractivity contribution in [2.45, 2.75) is 6.54 Å². The number of rotatable bonds is 5. The van der Waals surface area contributed by atoms with E-state index in [0.29, 0.717) is 23.4 Å². The molecule has 1 aromatic heterocycles. The van der Waals surface area contributed by atoms with Gasteiger partial charge in [0.15, 0.2) is 0 Å². The van der Waals surface area contributed by atoms with Gasteiger partial charge in [-0.15, -0.1) is 0 Å². The molecule has 0 radical (unpaired) electrons. The molecule has 3 rings (SSSR count). The highest BCUT2D eigenvalue weighted by Gasteiger charge is 2.07. The number of amides is 2. The molecule has 2 amide bonds. The third-order valence-electron chi connectivity index (χ3n) is 3.68. The van der Waals surface area contributed by atoms with Crippen molar-refractivity contribution in [2.75, 3.05) is 5.32 Å². The number of nitrogens with zero attached hydrogens (tertiary/aromatic N) is 1. The van der Waals surface area contributed by atoms with Crippen LogP contribution in [0.2, 0.25) is 0 Å². The van der Waals surface area contributed by atoms with E-state index in [4.69, 9.17) is 0 Å². The maximum absolute atomic E-state index is 12.2. The molecule has 1 heterocycles. The van der Waals surface area contributed by atoms with E-state index in [0.717, 1.165) is 10.0 Å². The lowest BCUT2D eigenvalue weighted by Crippen LogP contribution is -2.22. The van der Waals surface area contributed by atoms with Crippen LogP contribution in [0.4, 0.5) is 5.69 Å². The number of hydrogen-bond acceptors (Lipinski definition) is 3. The molecule has 0 spiro atoms. The first-order valence-corrected chi connectivity index (χ1v) is 8.75. The van der Waals surface area contributed by atoms with Crippen LogP contribution in [-0.2, 0) is 6.54 Å². The van der Waals surface area contributed by atoms with E-state index in [2.05, 4.69) is 31.5 Å². The number of anilines is 1. The van der Waals surface area contributed by atoms with Crippen LogP contribution in [0.25, 0.3) is 0 Å². The number of aromatic nitrogens is 1. The molecule has 0 saturated heterocycles. The highest BCUT2D eigenvalue weighted by molar-refractivity contribution is 9.10. The average Bonchev–Trinajstić information content (AvgIpc) is 2.68. The lowest BCUT2D eigenvalue weighted by molar-refractivity contribution is 0.0949. The molecule has 0 saturated carbocycles. The van der Waals surface area contributed by atoms with Crippen molar-refractivity contribution < 1.29 is 9.59 Å². The van der Waals surface area contributed by atoms with Gasteiger partial charge in [-0.05, 0) is 48.0 Å². The maximum Gasteiger partial charge on any atom is 0.255 e. The molecular weight excluding hydrogens is 394 g/mol. The zero-order valence-corrected chi connectivity index (χ0v) is 15.4. The first-order chi connectivity index (χ1) is 12.6. The molecular formula is C20H16BrN3O2. The van der Waals surface area contributed by atoms with Crippen molar-refractivity contribution >= 4 is 33.4 Å². The number of benzene rings is 2. The lowest BCUT2D eigenvalue weighted by atomic mass is 10.1. The first-order valence-electron chi connectivity index (χ1n) is 7.96. The molecule has 130 valence electrons. The number of pyridine rings is 1. The topological polar surface area (TPSA) is 71.1 Å². The molecule has 0 fully saturated rings. The standard InChI is InChI=1S/C20H16BrN3O2/c21-17-5-1-3-15(11-17)20(26)24-18-8-6-14(7-9-18)12-23-19(25)16-4-2-10-22-13-16/h1-11,13H,12H2,(H,23,25)(H,24,26). The number of carbonyl (C=O) groups excluding carboxylic acids is 2. The number of halogens is 1. The Hall–Kier alpha value is -2.99. The van der Waals surface area contributed by atoms with E-state index in [-0.39, 0.29) is 11.8 Å². The summed E-state index contributed by atoms with van der Waals surface area (Å²) in [6.07, 6.45) is 3.15. The van der Waals surface area contributed by atoms with E-state index in [1.54, 1.807) is 42.6 Å². The Balaban J connectivity index is 1.56. The van der Waals surface area contributed by atoms with Gasteiger partial charge in [-0.25, -0.2) is 0 Å². The van der Waals surface area contributed by atoms with Crippen LogP contribution in [0.1, 0.15) is 26.3 Å². The second-order valence-corrected chi connectivity index (χ2v) is 6.50. The second kappa shape index (κ2) is 8.40. The van der Waals surface area contributed by atoms with Crippen LogP contribution < -0.4 is 10.6 Å². The Morgan fingerprint density at radius 1 is 0.923 bits per heavy atom. The molecule has 3 aromatic rings. The fraction of sp³-hybridized carbons (Fsp3) is 0.0500. The van der Waals surface area contributed by atoms with Gasteiger partial charge in [0, 0.05) is 34.7 Å². The smallest absolute Gasteiger partial charge is 0.255 e. The van der Waals surface area contributed by atoms with Gasteiger partial charge in [0.05, 0.1) is 5.56 Å². The number of nitrogens with one attached hydrogen (secondary N) is 2. The van der Waals surface area contributed by atoms with Crippen molar-refractivity contribution in [1.29, 1.82) is 0 Å². The normalized spacial score (nSPS) is 10.2. The summed E-state index contributed by atoms with van der Waals surface area (Å²) in [5.74, 6) is -0.353. The number of carbonyl (C=O) groups is 2. The van der Waals surface area contributed by atoms with Gasteiger partial charge in [0.25, 0.3) is 11.8 Å². The molecule has 6 heteroatoms. The lowest BCUT2D eigenvalue weighted by Gasteiger charge is -2.08. The predicted octanol–water partition coefficient (Wildman–Crippen LogP) is 4.03. The third-order valence-corrected chi connectivity index (χ3v) is 4.17. The summed E-state index contributed by atoms with van der Waals surface area (Å²) in [7, 11) is 0. The van der Waals surface area contributed by atoms with Crippen molar-refractivity contribution in [3.8, 4) is 0 Å². The monoisotopic (exact) mass is 409 g/mol. The van der Waals surface area contributed by atoms with Gasteiger partial charge in [-0.1, -0.05) is 34.1 Å². The minimum absolute atomic E-state index is 0.176. The van der Waals surface area contributed by atoms with E-state index < -0.39 is 0 Å². The van der Waals surface area contributed by atoms with Gasteiger partial charge >= 0.3 is 0 Å². The maximum atomic E-state index is 12.2. The van der Waals surface area contributed by atoms with E-state index >= 15 is 0 Å². The van der Waals surface area contributed by atoms with Crippen LogP contribution in [0.15, 0.2) is 77.5 Å². The van der Waals surface area contributed by atoms with E-state index in [1.165, 1.54) is 6.20 Å². The van der Waals surface area contributed by atoms with Gasteiger partial charge in [-0.3, -0.25) is 14.6 Å². The van der Waals surface area contributed by atoms with Crippen LogP contribution in [-0.4, -0.2) is 16.8 Å². The molecule has 0 aliphatic heterocycles. The summed E-state index contributed by atoms with van der Waals surface area (Å²) in [6.45, 7) is 0.396. The first kappa shape index (κ1) is 17.8. The van der Waals surface area contributed by atoms with E-state index in [1.807, 2.05) is 24.3 Å². The van der Waals surface area contributed by atoms with Crippen LogP contribution in [0.5, 0.6) is 0 Å². The van der Waals surface area contributed by atoms with Crippen molar-refractivity contribution in [3.63, 3.8) is 0 Å². The minimum Gasteiger partial charge on any atom is -0.348 e. The van der Waals surface area contributed by atoms with Crippen LogP contribution in [0, 0.1) is 0 Å². The van der Waals surface area contributed by atoms with Gasteiger partial charge in [0.1, 0.15) is 0 Å². The Kier molecular flexibility index (Phi) is 5.76. The van der Waals surface area contributed by atoms with Gasteiger partial charge < -0.3 is 10.6 Å². The van der Waals surface area contributed by atoms with Gasteiger partial charge in [0.2, 0.25) is 0 Å². The second-order valence-electron chi connectivity index (χ2n) is 5.59. The van der Waals surface area contributed by atoms with Crippen molar-refractivity contribution in [2.24, 2.45) is 0 Å². The summed E-state index contributed by atoms with van der Waals surface area (Å²) in [5.41, 5.74) is 2.72. The van der Waals surface area contributed by atoms with Crippen LogP contribution in [0.3, 0.4) is 0 Å². The summed E-state index contributed by atoms with van der Waals surface area (Å²) in [4.78, 5) is 28.2. The van der Waals surface area contributed by atoms with E-state index in [9.17, 15) is 9.59 Å². The minimum atomic E-state index is -0.177. The summed E-state index contributed by atoms with van der Waals surface area (Å²) >= 11 is 3.35. The van der Waals surface area contributed by atoms with Crippen molar-refractivity contribution in [1.82, 2.24) is 10.3 Å². The Morgan fingerprint density at radius 2 is 1.69 bits per heavy atom. The highest BCUT2D eigenvalue weighted by atomic mass is 79.9. The molecule has 0 aliphatic carbocycles. The Bertz CT molecular complexity index is 912. The summed E-state index contributed by atoms with van der Waals surface area (Å²) in [6, 6.07) is 18.0. The fourth-order valence-electron chi connectivity index (χ4n) is 2.32. The number of hydrogen-bond donors (Lipinski definition) is 2. The molecule has 0 aliphatic rings. The molecule has 26 heavy (non-hydrogen) atoms. The molecule has 5 nitrogen and oxygen atoms in total. The highest BCUT2D eigenvalue weighted by Crippen LogP contribution is 2.15. The largest absolute Gasteiger partial charge is 0.348 e. The predicted molar refractivity (Wildman–Crippen MR) is 104 cm³/mol. The Morgan fingerprint density at radius 3 is 2.38 bits per heavy atom. The summed E-state index contributed by atoms with van der Waals surface area (Å²) < 4.78 is 0.852. The molecule has 0 bridgehead atoms. The third kappa shape index (κ3) is 4.77. The molecule has 2 N–H and O–H groups in total. The quantitative estimate of drug-likeness (QED) is 0.668.